The normalized spacial score (nSPS) is 13.7. The van der Waals surface area contributed by atoms with Crippen LogP contribution in [-0.2, 0) is 4.74 Å². The molecule has 0 aliphatic heterocycles. The monoisotopic (exact) mass is 287 g/mol. The Bertz CT molecular complexity index is 273. The van der Waals surface area contributed by atoms with Gasteiger partial charge in [0.15, 0.2) is 0 Å². The highest BCUT2D eigenvalue weighted by molar-refractivity contribution is 5.67. The molecule has 0 aliphatic rings. The van der Waals surface area contributed by atoms with Gasteiger partial charge in [-0.1, -0.05) is 13.8 Å². The summed E-state index contributed by atoms with van der Waals surface area (Å²) in [5.74, 6) is 0.594. The van der Waals surface area contributed by atoms with E-state index in [9.17, 15) is 4.79 Å². The van der Waals surface area contributed by atoms with Crippen molar-refractivity contribution in [2.24, 2.45) is 5.92 Å². The fourth-order valence-corrected chi connectivity index (χ4v) is 1.78. The number of ether oxygens (including phenoxy) is 1. The molecule has 0 heterocycles. The van der Waals surface area contributed by atoms with Crippen LogP contribution >= 0.6 is 0 Å². The van der Waals surface area contributed by atoms with Gasteiger partial charge in [0, 0.05) is 19.1 Å². The number of hydrogen-bond donors (Lipinski definition) is 2. The molecule has 0 aliphatic carbocycles. The Balaban J connectivity index is 3.76. The van der Waals surface area contributed by atoms with Gasteiger partial charge in [0.2, 0.25) is 0 Å². The number of alkyl carbamates (subject to hydrolysis) is 1. The zero-order chi connectivity index (χ0) is 15.8. The van der Waals surface area contributed by atoms with E-state index in [0.29, 0.717) is 18.5 Å². The van der Waals surface area contributed by atoms with Crippen LogP contribution in [0.25, 0.3) is 0 Å². The summed E-state index contributed by atoms with van der Waals surface area (Å²) in [4.78, 5) is 13.6. The first-order valence-corrected chi connectivity index (χ1v) is 7.47. The molecule has 1 atom stereocenters. The summed E-state index contributed by atoms with van der Waals surface area (Å²) in [6.45, 7) is 12.6. The van der Waals surface area contributed by atoms with E-state index in [2.05, 4.69) is 43.5 Å². The van der Waals surface area contributed by atoms with E-state index in [-0.39, 0.29) is 6.09 Å². The second kappa shape index (κ2) is 9.19. The van der Waals surface area contributed by atoms with E-state index in [1.165, 1.54) is 0 Å². The van der Waals surface area contributed by atoms with E-state index in [1.807, 2.05) is 20.8 Å². The lowest BCUT2D eigenvalue weighted by Gasteiger charge is -2.25. The van der Waals surface area contributed by atoms with Gasteiger partial charge in [0.05, 0.1) is 0 Å². The Morgan fingerprint density at radius 3 is 2.25 bits per heavy atom. The summed E-state index contributed by atoms with van der Waals surface area (Å²) in [7, 11) is 4.17. The highest BCUT2D eigenvalue weighted by atomic mass is 16.6. The third-order valence-electron chi connectivity index (χ3n) is 2.79. The van der Waals surface area contributed by atoms with Gasteiger partial charge >= 0.3 is 6.09 Å². The smallest absolute Gasteiger partial charge is 0.407 e. The molecule has 0 saturated carbocycles. The Morgan fingerprint density at radius 2 is 1.80 bits per heavy atom. The van der Waals surface area contributed by atoms with Gasteiger partial charge in [0.25, 0.3) is 0 Å². The average Bonchev–Trinajstić information content (AvgIpc) is 2.23. The Morgan fingerprint density at radius 1 is 1.20 bits per heavy atom. The fraction of sp³-hybridized carbons (Fsp3) is 0.933. The van der Waals surface area contributed by atoms with Crippen LogP contribution in [0.3, 0.4) is 0 Å². The van der Waals surface area contributed by atoms with Crippen molar-refractivity contribution < 1.29 is 9.53 Å². The second-order valence-corrected chi connectivity index (χ2v) is 6.85. The summed E-state index contributed by atoms with van der Waals surface area (Å²) in [6, 6.07) is 0.478. The molecule has 20 heavy (non-hydrogen) atoms. The maximum Gasteiger partial charge on any atom is 0.407 e. The number of carbonyl (C=O) groups excluding carboxylic acids is 1. The minimum absolute atomic E-state index is 0.341. The number of nitrogens with one attached hydrogen (secondary N) is 2. The Hall–Kier alpha value is -0.810. The standard InChI is InChI=1S/C15H33N3O2/c1-12(2)13(11-18(6)7)16-9-8-10-17-14(19)20-15(3,4)5/h12-13,16H,8-11H2,1-7H3,(H,17,19). The number of rotatable bonds is 8. The van der Waals surface area contributed by atoms with Crippen LogP contribution in [0.1, 0.15) is 41.0 Å². The lowest BCUT2D eigenvalue weighted by Crippen LogP contribution is -2.43. The molecule has 0 rings (SSSR count). The van der Waals surface area contributed by atoms with Gasteiger partial charge in [-0.15, -0.1) is 0 Å². The maximum atomic E-state index is 11.4. The first-order chi connectivity index (χ1) is 9.11. The fourth-order valence-electron chi connectivity index (χ4n) is 1.78. The summed E-state index contributed by atoms with van der Waals surface area (Å²) in [6.07, 6.45) is 0.557. The lowest BCUT2D eigenvalue weighted by atomic mass is 10.0. The van der Waals surface area contributed by atoms with Crippen molar-refractivity contribution in [2.75, 3.05) is 33.7 Å². The largest absolute Gasteiger partial charge is 0.444 e. The van der Waals surface area contributed by atoms with Gasteiger partial charge in [-0.05, 0) is 53.8 Å². The molecule has 1 unspecified atom stereocenters. The van der Waals surface area contributed by atoms with Gasteiger partial charge in [-0.25, -0.2) is 4.79 Å². The zero-order valence-corrected chi connectivity index (χ0v) is 14.2. The number of amides is 1. The van der Waals surface area contributed by atoms with Crippen LogP contribution in [0.15, 0.2) is 0 Å². The van der Waals surface area contributed by atoms with E-state index in [1.54, 1.807) is 0 Å². The average molecular weight is 287 g/mol. The SMILES string of the molecule is CC(C)C(CN(C)C)NCCCNC(=O)OC(C)(C)C. The summed E-state index contributed by atoms with van der Waals surface area (Å²) in [5.41, 5.74) is -0.434. The van der Waals surface area contributed by atoms with Crippen LogP contribution in [0.4, 0.5) is 4.79 Å². The third kappa shape index (κ3) is 11.1. The molecule has 0 saturated heterocycles. The quantitative estimate of drug-likeness (QED) is 0.671. The van der Waals surface area contributed by atoms with Crippen LogP contribution in [0.5, 0.6) is 0 Å². The van der Waals surface area contributed by atoms with Gasteiger partial charge in [0.1, 0.15) is 5.60 Å². The molecular weight excluding hydrogens is 254 g/mol. The molecule has 0 aromatic carbocycles. The molecule has 5 nitrogen and oxygen atoms in total. The van der Waals surface area contributed by atoms with Gasteiger partial charge in [-0.3, -0.25) is 0 Å². The molecule has 0 bridgehead atoms. The minimum Gasteiger partial charge on any atom is -0.444 e. The number of nitrogens with zero attached hydrogens (tertiary/aromatic N) is 1. The summed E-state index contributed by atoms with van der Waals surface area (Å²) < 4.78 is 5.18. The second-order valence-electron chi connectivity index (χ2n) is 6.85. The summed E-state index contributed by atoms with van der Waals surface area (Å²) >= 11 is 0. The molecule has 5 heteroatoms. The predicted molar refractivity (Wildman–Crippen MR) is 84.0 cm³/mol. The highest BCUT2D eigenvalue weighted by Crippen LogP contribution is 2.06. The predicted octanol–water partition coefficient (Wildman–Crippen LogP) is 2.08. The lowest BCUT2D eigenvalue weighted by molar-refractivity contribution is 0.0527. The minimum atomic E-state index is -0.434. The third-order valence-corrected chi connectivity index (χ3v) is 2.79. The number of likely N-dealkylation sites (N-methyl/N-ethyl adjacent to an activating group) is 1. The number of carbonyl (C=O) groups is 1. The molecule has 0 aromatic heterocycles. The molecule has 0 spiro atoms. The molecule has 120 valence electrons. The van der Waals surface area contributed by atoms with Crippen LogP contribution in [-0.4, -0.2) is 56.4 Å². The Kier molecular flexibility index (Phi) is 8.81. The van der Waals surface area contributed by atoms with Crippen molar-refractivity contribution in [1.82, 2.24) is 15.5 Å². The van der Waals surface area contributed by atoms with Crippen molar-refractivity contribution in [3.8, 4) is 0 Å². The summed E-state index contributed by atoms with van der Waals surface area (Å²) in [5, 5.41) is 6.31. The topological polar surface area (TPSA) is 53.6 Å². The van der Waals surface area contributed by atoms with E-state index in [4.69, 9.17) is 4.74 Å². The first kappa shape index (κ1) is 19.2. The molecule has 0 radical (unpaired) electrons. The van der Waals surface area contributed by atoms with Crippen LogP contribution < -0.4 is 10.6 Å². The van der Waals surface area contributed by atoms with E-state index in [0.717, 1.165) is 19.5 Å². The Labute approximate surface area is 124 Å². The maximum absolute atomic E-state index is 11.4. The molecule has 2 N–H and O–H groups in total. The molecule has 0 fully saturated rings. The molecular formula is C15H33N3O2. The van der Waals surface area contributed by atoms with Crippen molar-refractivity contribution in [3.05, 3.63) is 0 Å². The van der Waals surface area contributed by atoms with Gasteiger partial charge < -0.3 is 20.3 Å². The van der Waals surface area contributed by atoms with Crippen molar-refractivity contribution >= 4 is 6.09 Å². The van der Waals surface area contributed by atoms with E-state index >= 15 is 0 Å². The van der Waals surface area contributed by atoms with Crippen LogP contribution in [0.2, 0.25) is 0 Å². The molecule has 0 aromatic rings. The first-order valence-electron chi connectivity index (χ1n) is 7.47. The number of hydrogen-bond acceptors (Lipinski definition) is 4. The van der Waals surface area contributed by atoms with Crippen molar-refractivity contribution in [2.45, 2.75) is 52.7 Å². The zero-order valence-electron chi connectivity index (χ0n) is 14.2. The van der Waals surface area contributed by atoms with Crippen molar-refractivity contribution in [1.29, 1.82) is 0 Å². The van der Waals surface area contributed by atoms with E-state index < -0.39 is 5.60 Å². The highest BCUT2D eigenvalue weighted by Gasteiger charge is 2.16. The van der Waals surface area contributed by atoms with Crippen LogP contribution in [0, 0.1) is 5.92 Å². The van der Waals surface area contributed by atoms with Crippen molar-refractivity contribution in [3.63, 3.8) is 0 Å². The molecule has 1 amide bonds. The van der Waals surface area contributed by atoms with Gasteiger partial charge in [-0.2, -0.15) is 0 Å².